The first kappa shape index (κ1) is 17.2. The van der Waals surface area contributed by atoms with E-state index in [9.17, 15) is 4.79 Å². The van der Waals surface area contributed by atoms with Crippen LogP contribution in [0, 0.1) is 11.3 Å². The van der Waals surface area contributed by atoms with Gasteiger partial charge in [-0.2, -0.15) is 0 Å². The van der Waals surface area contributed by atoms with E-state index in [1.165, 1.54) is 6.42 Å². The highest BCUT2D eigenvalue weighted by molar-refractivity contribution is 5.82. The first-order valence-corrected chi connectivity index (χ1v) is 9.32. The van der Waals surface area contributed by atoms with Crippen molar-refractivity contribution in [1.82, 2.24) is 9.80 Å². The van der Waals surface area contributed by atoms with Crippen molar-refractivity contribution in [3.63, 3.8) is 0 Å². The van der Waals surface area contributed by atoms with Crippen molar-refractivity contribution in [2.75, 3.05) is 46.4 Å². The van der Waals surface area contributed by atoms with Gasteiger partial charge in [-0.15, -0.1) is 0 Å². The molecule has 5 heteroatoms. The SMILES string of the molecule is CN1CCN(C2(C3CCOCC3)CCCCC2(C)C(N)=O)CC1. The Morgan fingerprint density at radius 3 is 2.30 bits per heavy atom. The molecule has 2 unspecified atom stereocenters. The zero-order chi connectivity index (χ0) is 16.5. The molecule has 2 heterocycles. The third-order valence-electron chi connectivity index (χ3n) is 6.95. The number of nitrogens with two attached hydrogens (primary N) is 1. The zero-order valence-corrected chi connectivity index (χ0v) is 14.9. The van der Waals surface area contributed by atoms with Gasteiger partial charge >= 0.3 is 0 Å². The lowest BCUT2D eigenvalue weighted by Crippen LogP contribution is -2.71. The molecule has 23 heavy (non-hydrogen) atoms. The van der Waals surface area contributed by atoms with Gasteiger partial charge in [0.05, 0.1) is 5.41 Å². The second-order valence-corrected chi connectivity index (χ2v) is 8.00. The van der Waals surface area contributed by atoms with Crippen LogP contribution >= 0.6 is 0 Å². The minimum absolute atomic E-state index is 0.0673. The van der Waals surface area contributed by atoms with Gasteiger partial charge in [-0.1, -0.05) is 12.8 Å². The molecule has 0 aromatic carbocycles. The van der Waals surface area contributed by atoms with Crippen LogP contribution in [0.2, 0.25) is 0 Å². The van der Waals surface area contributed by atoms with Crippen LogP contribution in [-0.2, 0) is 9.53 Å². The Labute approximate surface area is 140 Å². The lowest BCUT2D eigenvalue weighted by molar-refractivity contribution is -0.161. The van der Waals surface area contributed by atoms with Crippen molar-refractivity contribution in [2.24, 2.45) is 17.1 Å². The van der Waals surface area contributed by atoms with Crippen molar-refractivity contribution in [3.8, 4) is 0 Å². The minimum atomic E-state index is -0.414. The Morgan fingerprint density at radius 2 is 1.70 bits per heavy atom. The Bertz CT molecular complexity index is 430. The highest BCUT2D eigenvalue weighted by Crippen LogP contribution is 2.54. The van der Waals surface area contributed by atoms with Crippen LogP contribution in [-0.4, -0.2) is 67.7 Å². The number of likely N-dealkylation sites (N-methyl/N-ethyl adjacent to an activating group) is 1. The third-order valence-corrected chi connectivity index (χ3v) is 6.95. The molecule has 3 fully saturated rings. The van der Waals surface area contributed by atoms with Crippen molar-refractivity contribution < 1.29 is 9.53 Å². The summed E-state index contributed by atoms with van der Waals surface area (Å²) in [6, 6.07) is 0. The summed E-state index contributed by atoms with van der Waals surface area (Å²) >= 11 is 0. The van der Waals surface area contributed by atoms with E-state index >= 15 is 0 Å². The van der Waals surface area contributed by atoms with E-state index in [4.69, 9.17) is 10.5 Å². The quantitative estimate of drug-likeness (QED) is 0.854. The van der Waals surface area contributed by atoms with Crippen LogP contribution in [0.25, 0.3) is 0 Å². The Morgan fingerprint density at radius 1 is 1.09 bits per heavy atom. The van der Waals surface area contributed by atoms with E-state index in [2.05, 4.69) is 23.8 Å². The van der Waals surface area contributed by atoms with Crippen LogP contribution in [0.3, 0.4) is 0 Å². The van der Waals surface area contributed by atoms with Gasteiger partial charge in [0.25, 0.3) is 0 Å². The molecule has 0 aromatic heterocycles. The number of ether oxygens (including phenoxy) is 1. The lowest BCUT2D eigenvalue weighted by Gasteiger charge is -2.61. The molecular weight excluding hydrogens is 290 g/mol. The van der Waals surface area contributed by atoms with Gasteiger partial charge in [0, 0.05) is 44.9 Å². The summed E-state index contributed by atoms with van der Waals surface area (Å²) in [7, 11) is 2.19. The van der Waals surface area contributed by atoms with Gasteiger partial charge < -0.3 is 15.4 Å². The number of nitrogens with zero attached hydrogens (tertiary/aromatic N) is 2. The largest absolute Gasteiger partial charge is 0.381 e. The molecule has 2 aliphatic heterocycles. The van der Waals surface area contributed by atoms with Crippen molar-refractivity contribution in [1.29, 1.82) is 0 Å². The summed E-state index contributed by atoms with van der Waals surface area (Å²) in [6.07, 6.45) is 6.52. The average molecular weight is 323 g/mol. The standard InChI is InChI=1S/C18H33N3O2/c1-17(16(19)22)7-3-4-8-18(17,15-5-13-23-14-6-15)21-11-9-20(2)10-12-21/h15H,3-14H2,1-2H3,(H2,19,22). The fourth-order valence-electron chi connectivity index (χ4n) is 5.50. The zero-order valence-electron chi connectivity index (χ0n) is 14.9. The molecule has 0 bridgehead atoms. The van der Waals surface area contributed by atoms with Crippen LogP contribution in [0.1, 0.15) is 45.4 Å². The number of carbonyl (C=O) groups excluding carboxylic acids is 1. The highest BCUT2D eigenvalue weighted by atomic mass is 16.5. The molecule has 2 saturated heterocycles. The van der Waals surface area contributed by atoms with E-state index in [1.807, 2.05) is 0 Å². The molecule has 132 valence electrons. The predicted octanol–water partition coefficient (Wildman–Crippen LogP) is 1.46. The summed E-state index contributed by atoms with van der Waals surface area (Å²) in [5, 5.41) is 0. The van der Waals surface area contributed by atoms with Crippen LogP contribution in [0.5, 0.6) is 0 Å². The summed E-state index contributed by atoms with van der Waals surface area (Å²) in [5.41, 5.74) is 5.53. The van der Waals surface area contributed by atoms with Gasteiger partial charge in [0.1, 0.15) is 0 Å². The van der Waals surface area contributed by atoms with Crippen molar-refractivity contribution in [3.05, 3.63) is 0 Å². The van der Waals surface area contributed by atoms with Crippen LogP contribution in [0.15, 0.2) is 0 Å². The van der Waals surface area contributed by atoms with Gasteiger partial charge in [-0.25, -0.2) is 0 Å². The fraction of sp³-hybridized carbons (Fsp3) is 0.944. The monoisotopic (exact) mass is 323 g/mol. The number of hydrogen-bond donors (Lipinski definition) is 1. The van der Waals surface area contributed by atoms with Crippen LogP contribution < -0.4 is 5.73 Å². The van der Waals surface area contributed by atoms with Crippen LogP contribution in [0.4, 0.5) is 0 Å². The number of piperazine rings is 1. The van der Waals surface area contributed by atoms with Gasteiger partial charge in [-0.05, 0) is 45.6 Å². The summed E-state index contributed by atoms with van der Waals surface area (Å²) in [6.45, 7) is 8.08. The third kappa shape index (κ3) is 2.81. The molecule has 2 N–H and O–H groups in total. The molecule has 0 radical (unpaired) electrons. The van der Waals surface area contributed by atoms with Gasteiger partial charge in [0.2, 0.25) is 5.91 Å². The lowest BCUT2D eigenvalue weighted by atomic mass is 9.54. The maximum absolute atomic E-state index is 12.6. The smallest absolute Gasteiger partial charge is 0.225 e. The van der Waals surface area contributed by atoms with E-state index in [0.717, 1.165) is 71.5 Å². The molecule has 3 rings (SSSR count). The molecule has 1 aliphatic carbocycles. The highest BCUT2D eigenvalue weighted by Gasteiger charge is 2.60. The molecule has 2 atom stereocenters. The Balaban J connectivity index is 1.99. The average Bonchev–Trinajstić information content (AvgIpc) is 2.57. The summed E-state index contributed by atoms with van der Waals surface area (Å²) < 4.78 is 5.63. The van der Waals surface area contributed by atoms with Gasteiger partial charge in [0.15, 0.2) is 0 Å². The number of carbonyl (C=O) groups is 1. The van der Waals surface area contributed by atoms with E-state index in [1.54, 1.807) is 0 Å². The maximum Gasteiger partial charge on any atom is 0.225 e. The molecule has 3 aliphatic rings. The Hall–Kier alpha value is -0.650. The predicted molar refractivity (Wildman–Crippen MR) is 91.1 cm³/mol. The number of hydrogen-bond acceptors (Lipinski definition) is 4. The second-order valence-electron chi connectivity index (χ2n) is 8.00. The van der Waals surface area contributed by atoms with E-state index in [-0.39, 0.29) is 11.4 Å². The number of amides is 1. The maximum atomic E-state index is 12.6. The normalized spacial score (nSPS) is 38.5. The molecular formula is C18H33N3O2. The number of rotatable bonds is 3. The molecule has 1 saturated carbocycles. The first-order chi connectivity index (χ1) is 11.0. The van der Waals surface area contributed by atoms with Crippen molar-refractivity contribution in [2.45, 2.75) is 51.0 Å². The van der Waals surface area contributed by atoms with E-state index in [0.29, 0.717) is 5.92 Å². The summed E-state index contributed by atoms with van der Waals surface area (Å²) in [4.78, 5) is 17.6. The fourth-order valence-corrected chi connectivity index (χ4v) is 5.50. The van der Waals surface area contributed by atoms with E-state index < -0.39 is 5.41 Å². The molecule has 0 aromatic rings. The summed E-state index contributed by atoms with van der Waals surface area (Å²) in [5.74, 6) is 0.431. The minimum Gasteiger partial charge on any atom is -0.381 e. The first-order valence-electron chi connectivity index (χ1n) is 9.32. The van der Waals surface area contributed by atoms with Gasteiger partial charge in [-0.3, -0.25) is 9.69 Å². The molecule has 5 nitrogen and oxygen atoms in total. The Kier molecular flexibility index (Phi) is 5.00. The molecule has 0 spiro atoms. The second kappa shape index (κ2) is 6.69. The molecule has 1 amide bonds. The number of primary amides is 1. The van der Waals surface area contributed by atoms with Crippen molar-refractivity contribution >= 4 is 5.91 Å². The topological polar surface area (TPSA) is 58.8 Å².